The molecule has 2 rings (SSSR count). The molecular weight excluding hydrogens is 250 g/mol. The van der Waals surface area contributed by atoms with Crippen LogP contribution in [0.2, 0.25) is 0 Å². The van der Waals surface area contributed by atoms with E-state index in [0.29, 0.717) is 24.5 Å². The predicted octanol–water partition coefficient (Wildman–Crippen LogP) is 1.84. The summed E-state index contributed by atoms with van der Waals surface area (Å²) in [5, 5.41) is 0. The van der Waals surface area contributed by atoms with Gasteiger partial charge in [0, 0.05) is 31.7 Å². The van der Waals surface area contributed by atoms with Crippen molar-refractivity contribution in [2.24, 2.45) is 11.1 Å². The van der Waals surface area contributed by atoms with Gasteiger partial charge in [-0.15, -0.1) is 0 Å². The number of rotatable bonds is 2. The molecule has 4 nitrogen and oxygen atoms in total. The molecule has 20 heavy (non-hydrogen) atoms. The number of likely N-dealkylation sites (N-methyl/N-ethyl adjacent to an activating group) is 1. The highest BCUT2D eigenvalue weighted by Gasteiger charge is 2.42. The summed E-state index contributed by atoms with van der Waals surface area (Å²) >= 11 is 0. The molecular formula is C16H31N3O. The molecule has 1 aliphatic heterocycles. The first-order valence-corrected chi connectivity index (χ1v) is 8.21. The Morgan fingerprint density at radius 1 is 1.10 bits per heavy atom. The van der Waals surface area contributed by atoms with Crippen molar-refractivity contribution < 1.29 is 4.79 Å². The molecule has 1 amide bonds. The van der Waals surface area contributed by atoms with E-state index in [4.69, 9.17) is 5.73 Å². The maximum absolute atomic E-state index is 13.1. The van der Waals surface area contributed by atoms with Gasteiger partial charge in [-0.2, -0.15) is 0 Å². The molecule has 2 atom stereocenters. The average Bonchev–Trinajstić information content (AvgIpc) is 2.69. The second-order valence-corrected chi connectivity index (χ2v) is 6.97. The van der Waals surface area contributed by atoms with Crippen LogP contribution in [0.15, 0.2) is 0 Å². The van der Waals surface area contributed by atoms with E-state index in [2.05, 4.69) is 30.7 Å². The third-order valence-electron chi connectivity index (χ3n) is 5.55. The highest BCUT2D eigenvalue weighted by Crippen LogP contribution is 2.36. The maximum atomic E-state index is 13.1. The largest absolute Gasteiger partial charge is 0.339 e. The zero-order valence-corrected chi connectivity index (χ0v) is 13.4. The normalized spacial score (nSPS) is 31.9. The van der Waals surface area contributed by atoms with Gasteiger partial charge in [0.2, 0.25) is 5.91 Å². The summed E-state index contributed by atoms with van der Waals surface area (Å²) in [6.07, 6.45) is 6.79. The summed E-state index contributed by atoms with van der Waals surface area (Å²) in [4.78, 5) is 17.5. The fraction of sp³-hybridized carbons (Fsp3) is 0.938. The highest BCUT2D eigenvalue weighted by molar-refractivity contribution is 5.83. The monoisotopic (exact) mass is 281 g/mol. The number of hydrogen-bond acceptors (Lipinski definition) is 3. The lowest BCUT2D eigenvalue weighted by atomic mass is 9.78. The fourth-order valence-electron chi connectivity index (χ4n) is 3.82. The van der Waals surface area contributed by atoms with E-state index >= 15 is 0 Å². The minimum absolute atomic E-state index is 0.272. The topological polar surface area (TPSA) is 49.6 Å². The summed E-state index contributed by atoms with van der Waals surface area (Å²) in [5.74, 6) is 0.328. The lowest BCUT2D eigenvalue weighted by Crippen LogP contribution is -2.60. The second kappa shape index (κ2) is 6.44. The Bertz CT molecular complexity index is 325. The predicted molar refractivity (Wildman–Crippen MR) is 82.5 cm³/mol. The van der Waals surface area contributed by atoms with E-state index in [1.54, 1.807) is 0 Å². The molecule has 0 aromatic rings. The molecule has 1 aliphatic carbocycles. The Morgan fingerprint density at radius 3 is 2.05 bits per heavy atom. The summed E-state index contributed by atoms with van der Waals surface area (Å²) in [6, 6.07) is 0.867. The quantitative estimate of drug-likeness (QED) is 0.786. The van der Waals surface area contributed by atoms with Crippen molar-refractivity contribution in [3.8, 4) is 0 Å². The molecule has 0 radical (unpaired) electrons. The zero-order chi connectivity index (χ0) is 14.8. The SMILES string of the molecule is CC1CN(C(=O)C2(CN)CCCCCC2)CC(C)N1C. The molecule has 0 spiro atoms. The van der Waals surface area contributed by atoms with Crippen molar-refractivity contribution in [1.82, 2.24) is 9.80 Å². The van der Waals surface area contributed by atoms with Gasteiger partial charge in [0.25, 0.3) is 0 Å². The van der Waals surface area contributed by atoms with Gasteiger partial charge in [0.05, 0.1) is 5.41 Å². The van der Waals surface area contributed by atoms with Crippen molar-refractivity contribution in [1.29, 1.82) is 0 Å². The van der Waals surface area contributed by atoms with Crippen LogP contribution in [0.25, 0.3) is 0 Å². The number of piperazine rings is 1. The number of amides is 1. The molecule has 4 heteroatoms. The molecule has 1 saturated carbocycles. The fourth-order valence-corrected chi connectivity index (χ4v) is 3.82. The van der Waals surface area contributed by atoms with Crippen LogP contribution in [-0.2, 0) is 4.79 Å². The van der Waals surface area contributed by atoms with Gasteiger partial charge in [-0.05, 0) is 33.7 Å². The first-order chi connectivity index (χ1) is 9.50. The Kier molecular flexibility index (Phi) is 5.08. The van der Waals surface area contributed by atoms with E-state index in [1.165, 1.54) is 12.8 Å². The van der Waals surface area contributed by atoms with Crippen LogP contribution in [0.3, 0.4) is 0 Å². The van der Waals surface area contributed by atoms with Crippen molar-refractivity contribution in [3.63, 3.8) is 0 Å². The first-order valence-electron chi connectivity index (χ1n) is 8.21. The molecule has 0 aromatic heterocycles. The minimum Gasteiger partial charge on any atom is -0.339 e. The van der Waals surface area contributed by atoms with Gasteiger partial charge in [0.15, 0.2) is 0 Å². The molecule has 1 saturated heterocycles. The van der Waals surface area contributed by atoms with Gasteiger partial charge >= 0.3 is 0 Å². The Balaban J connectivity index is 2.12. The van der Waals surface area contributed by atoms with Gasteiger partial charge in [-0.25, -0.2) is 0 Å². The van der Waals surface area contributed by atoms with Crippen LogP contribution in [0, 0.1) is 5.41 Å². The second-order valence-electron chi connectivity index (χ2n) is 6.97. The lowest BCUT2D eigenvalue weighted by molar-refractivity contribution is -0.146. The van der Waals surface area contributed by atoms with Gasteiger partial charge < -0.3 is 10.6 Å². The van der Waals surface area contributed by atoms with E-state index in [1.807, 2.05) is 0 Å². The maximum Gasteiger partial charge on any atom is 0.230 e. The van der Waals surface area contributed by atoms with Crippen LogP contribution in [-0.4, -0.2) is 54.5 Å². The molecule has 2 unspecified atom stereocenters. The molecule has 2 N–H and O–H groups in total. The van der Waals surface area contributed by atoms with Crippen molar-refractivity contribution in [3.05, 3.63) is 0 Å². The van der Waals surface area contributed by atoms with Crippen molar-refractivity contribution in [2.45, 2.75) is 64.5 Å². The Labute approximate surface area is 123 Å². The molecule has 2 aliphatic rings. The molecule has 116 valence electrons. The lowest BCUT2D eigenvalue weighted by Gasteiger charge is -2.45. The van der Waals surface area contributed by atoms with Crippen LogP contribution in [0.4, 0.5) is 0 Å². The zero-order valence-electron chi connectivity index (χ0n) is 13.4. The smallest absolute Gasteiger partial charge is 0.230 e. The summed E-state index contributed by atoms with van der Waals surface area (Å²) in [6.45, 7) is 6.63. The number of carbonyl (C=O) groups excluding carboxylic acids is 1. The van der Waals surface area contributed by atoms with E-state index in [0.717, 1.165) is 38.8 Å². The molecule has 0 bridgehead atoms. The summed E-state index contributed by atoms with van der Waals surface area (Å²) < 4.78 is 0. The highest BCUT2D eigenvalue weighted by atomic mass is 16.2. The van der Waals surface area contributed by atoms with Gasteiger partial charge in [-0.1, -0.05) is 25.7 Å². The standard InChI is InChI=1S/C16H31N3O/c1-13-10-19(11-14(2)18(13)3)15(20)16(12-17)8-6-4-5-7-9-16/h13-14H,4-12,17H2,1-3H3. The van der Waals surface area contributed by atoms with Crippen LogP contribution < -0.4 is 5.73 Å². The van der Waals surface area contributed by atoms with Crippen molar-refractivity contribution in [2.75, 3.05) is 26.7 Å². The van der Waals surface area contributed by atoms with E-state index in [-0.39, 0.29) is 5.41 Å². The number of nitrogens with zero attached hydrogens (tertiary/aromatic N) is 2. The van der Waals surface area contributed by atoms with E-state index < -0.39 is 0 Å². The summed E-state index contributed by atoms with van der Waals surface area (Å²) in [7, 11) is 2.15. The summed E-state index contributed by atoms with van der Waals surface area (Å²) in [5.41, 5.74) is 5.78. The van der Waals surface area contributed by atoms with Crippen LogP contribution >= 0.6 is 0 Å². The Morgan fingerprint density at radius 2 is 1.60 bits per heavy atom. The minimum atomic E-state index is -0.272. The number of carbonyl (C=O) groups is 1. The number of hydrogen-bond donors (Lipinski definition) is 1. The van der Waals surface area contributed by atoms with E-state index in [9.17, 15) is 4.79 Å². The average molecular weight is 281 g/mol. The first kappa shape index (κ1) is 15.8. The van der Waals surface area contributed by atoms with Gasteiger partial charge in [0.1, 0.15) is 0 Å². The molecule has 2 fully saturated rings. The third-order valence-corrected chi connectivity index (χ3v) is 5.55. The number of nitrogens with two attached hydrogens (primary N) is 1. The van der Waals surface area contributed by atoms with Crippen LogP contribution in [0.5, 0.6) is 0 Å². The molecule has 0 aromatic carbocycles. The van der Waals surface area contributed by atoms with Crippen LogP contribution in [0.1, 0.15) is 52.4 Å². The third kappa shape index (κ3) is 3.01. The molecule has 1 heterocycles. The van der Waals surface area contributed by atoms with Gasteiger partial charge in [-0.3, -0.25) is 9.69 Å². The Hall–Kier alpha value is -0.610. The van der Waals surface area contributed by atoms with Crippen molar-refractivity contribution >= 4 is 5.91 Å².